The Labute approximate surface area is 113 Å². The Morgan fingerprint density at radius 2 is 2.00 bits per heavy atom. The van der Waals surface area contributed by atoms with Crippen LogP contribution in [-0.2, 0) is 14.8 Å². The standard InChI is InChI=1S/C13H16N2O3S/c1-2-3-9-18-10-8-15-19(16,17)13-6-4-12(11-14)5-7-13/h2,4-7,15H,1,3,8-10H2. The second-order valence-corrected chi connectivity index (χ2v) is 5.49. The zero-order valence-corrected chi connectivity index (χ0v) is 11.3. The van der Waals surface area contributed by atoms with E-state index in [0.29, 0.717) is 18.8 Å². The Kier molecular flexibility index (Phi) is 6.22. The van der Waals surface area contributed by atoms with E-state index < -0.39 is 10.0 Å². The van der Waals surface area contributed by atoms with E-state index in [2.05, 4.69) is 11.3 Å². The summed E-state index contributed by atoms with van der Waals surface area (Å²) >= 11 is 0. The van der Waals surface area contributed by atoms with E-state index in [4.69, 9.17) is 10.00 Å². The zero-order chi connectivity index (χ0) is 14.1. The van der Waals surface area contributed by atoms with Crippen LogP contribution in [0.15, 0.2) is 41.8 Å². The molecule has 19 heavy (non-hydrogen) atoms. The van der Waals surface area contributed by atoms with Gasteiger partial charge in [0.15, 0.2) is 0 Å². The van der Waals surface area contributed by atoms with E-state index in [1.54, 1.807) is 6.08 Å². The summed E-state index contributed by atoms with van der Waals surface area (Å²) in [5.41, 5.74) is 0.423. The quantitative estimate of drug-likeness (QED) is 0.577. The SMILES string of the molecule is C=CCCOCCNS(=O)(=O)c1ccc(C#N)cc1. The third-order valence-electron chi connectivity index (χ3n) is 2.30. The van der Waals surface area contributed by atoms with Crippen molar-refractivity contribution in [1.29, 1.82) is 5.26 Å². The summed E-state index contributed by atoms with van der Waals surface area (Å²) in [7, 11) is -3.54. The second kappa shape index (κ2) is 7.69. The van der Waals surface area contributed by atoms with Crippen molar-refractivity contribution in [2.45, 2.75) is 11.3 Å². The Morgan fingerprint density at radius 1 is 1.32 bits per heavy atom. The molecule has 0 amide bonds. The van der Waals surface area contributed by atoms with E-state index in [-0.39, 0.29) is 11.4 Å². The highest BCUT2D eigenvalue weighted by molar-refractivity contribution is 7.89. The number of nitrogens with one attached hydrogen (secondary N) is 1. The highest BCUT2D eigenvalue weighted by Crippen LogP contribution is 2.09. The Morgan fingerprint density at radius 3 is 2.58 bits per heavy atom. The van der Waals surface area contributed by atoms with Crippen molar-refractivity contribution in [2.24, 2.45) is 0 Å². The van der Waals surface area contributed by atoms with Gasteiger partial charge in [-0.25, -0.2) is 13.1 Å². The van der Waals surface area contributed by atoms with Crippen molar-refractivity contribution in [3.63, 3.8) is 0 Å². The molecule has 0 aromatic heterocycles. The molecule has 0 aliphatic heterocycles. The van der Waals surface area contributed by atoms with E-state index in [1.165, 1.54) is 24.3 Å². The summed E-state index contributed by atoms with van der Waals surface area (Å²) in [6.07, 6.45) is 2.48. The van der Waals surface area contributed by atoms with Crippen molar-refractivity contribution < 1.29 is 13.2 Å². The number of sulfonamides is 1. The third kappa shape index (κ3) is 5.22. The molecule has 0 aliphatic carbocycles. The van der Waals surface area contributed by atoms with Crippen LogP contribution < -0.4 is 4.72 Å². The zero-order valence-electron chi connectivity index (χ0n) is 10.5. The molecular formula is C13H16N2O3S. The Hall–Kier alpha value is -1.68. The maximum Gasteiger partial charge on any atom is 0.240 e. The lowest BCUT2D eigenvalue weighted by Gasteiger charge is -2.07. The van der Waals surface area contributed by atoms with Crippen molar-refractivity contribution in [1.82, 2.24) is 4.72 Å². The molecule has 0 heterocycles. The Bertz CT molecular complexity index is 544. The normalized spacial score (nSPS) is 10.9. The molecule has 0 radical (unpaired) electrons. The van der Waals surface area contributed by atoms with Gasteiger partial charge in [0.2, 0.25) is 10.0 Å². The molecule has 5 nitrogen and oxygen atoms in total. The molecule has 0 atom stereocenters. The first-order valence-electron chi connectivity index (χ1n) is 5.78. The molecule has 6 heteroatoms. The van der Waals surface area contributed by atoms with E-state index in [9.17, 15) is 8.42 Å². The average molecular weight is 280 g/mol. The van der Waals surface area contributed by atoms with Crippen LogP contribution in [0.5, 0.6) is 0 Å². The molecule has 0 saturated heterocycles. The van der Waals surface area contributed by atoms with Crippen LogP contribution in [0.4, 0.5) is 0 Å². The average Bonchev–Trinajstić information content (AvgIpc) is 2.43. The third-order valence-corrected chi connectivity index (χ3v) is 3.78. The molecule has 102 valence electrons. The summed E-state index contributed by atoms with van der Waals surface area (Å²) in [6.45, 7) is 4.60. The van der Waals surface area contributed by atoms with Gasteiger partial charge in [0.25, 0.3) is 0 Å². The highest BCUT2D eigenvalue weighted by atomic mass is 32.2. The fourth-order valence-corrected chi connectivity index (χ4v) is 2.32. The summed E-state index contributed by atoms with van der Waals surface area (Å²) in [5.74, 6) is 0. The monoisotopic (exact) mass is 280 g/mol. The number of nitrogens with zero attached hydrogens (tertiary/aromatic N) is 1. The van der Waals surface area contributed by atoms with Gasteiger partial charge >= 0.3 is 0 Å². The van der Waals surface area contributed by atoms with Crippen LogP contribution in [0.2, 0.25) is 0 Å². The van der Waals surface area contributed by atoms with Crippen molar-refractivity contribution in [3.05, 3.63) is 42.5 Å². The maximum atomic E-state index is 11.9. The van der Waals surface area contributed by atoms with Gasteiger partial charge in [-0.05, 0) is 30.7 Å². The smallest absolute Gasteiger partial charge is 0.240 e. The van der Waals surface area contributed by atoms with Crippen LogP contribution in [0.3, 0.4) is 0 Å². The highest BCUT2D eigenvalue weighted by Gasteiger charge is 2.12. The minimum atomic E-state index is -3.54. The van der Waals surface area contributed by atoms with E-state index >= 15 is 0 Å². The minimum absolute atomic E-state index is 0.137. The summed E-state index contributed by atoms with van der Waals surface area (Å²) in [6, 6.07) is 7.67. The minimum Gasteiger partial charge on any atom is -0.380 e. The molecule has 1 rings (SSSR count). The largest absolute Gasteiger partial charge is 0.380 e. The van der Waals surface area contributed by atoms with Gasteiger partial charge in [-0.15, -0.1) is 6.58 Å². The van der Waals surface area contributed by atoms with E-state index in [1.807, 2.05) is 6.07 Å². The topological polar surface area (TPSA) is 79.2 Å². The fraction of sp³-hybridized carbons (Fsp3) is 0.308. The van der Waals surface area contributed by atoms with Gasteiger partial charge in [0, 0.05) is 6.54 Å². The summed E-state index contributed by atoms with van der Waals surface area (Å²) in [5, 5.41) is 8.64. The van der Waals surface area contributed by atoms with Crippen molar-refractivity contribution in [2.75, 3.05) is 19.8 Å². The van der Waals surface area contributed by atoms with Crippen LogP contribution in [-0.4, -0.2) is 28.2 Å². The first-order chi connectivity index (χ1) is 9.10. The predicted octanol–water partition coefficient (Wildman–Crippen LogP) is 1.43. The maximum absolute atomic E-state index is 11.9. The van der Waals surface area contributed by atoms with Crippen LogP contribution >= 0.6 is 0 Å². The second-order valence-electron chi connectivity index (χ2n) is 3.72. The number of benzene rings is 1. The van der Waals surface area contributed by atoms with Gasteiger partial charge in [0.05, 0.1) is 29.7 Å². The molecule has 0 unspecified atom stereocenters. The first kappa shape index (κ1) is 15.4. The van der Waals surface area contributed by atoms with Gasteiger partial charge < -0.3 is 4.74 Å². The fourth-order valence-electron chi connectivity index (χ4n) is 1.31. The predicted molar refractivity (Wildman–Crippen MR) is 72.0 cm³/mol. The lowest BCUT2D eigenvalue weighted by molar-refractivity contribution is 0.144. The molecule has 0 aliphatic rings. The number of rotatable bonds is 8. The van der Waals surface area contributed by atoms with Gasteiger partial charge in [-0.3, -0.25) is 0 Å². The lowest BCUT2D eigenvalue weighted by Crippen LogP contribution is -2.27. The molecule has 0 fully saturated rings. The lowest BCUT2D eigenvalue weighted by atomic mass is 10.2. The van der Waals surface area contributed by atoms with E-state index in [0.717, 1.165) is 6.42 Å². The molecule has 1 aromatic rings. The first-order valence-corrected chi connectivity index (χ1v) is 7.27. The molecule has 0 saturated carbocycles. The Balaban J connectivity index is 2.47. The number of hydrogen-bond donors (Lipinski definition) is 1. The van der Waals surface area contributed by atoms with Crippen LogP contribution in [0.25, 0.3) is 0 Å². The molecule has 0 spiro atoms. The van der Waals surface area contributed by atoms with Crippen molar-refractivity contribution >= 4 is 10.0 Å². The molecule has 1 aromatic carbocycles. The van der Waals surface area contributed by atoms with Crippen LogP contribution in [0.1, 0.15) is 12.0 Å². The molecule has 0 bridgehead atoms. The summed E-state index contributed by atoms with van der Waals surface area (Å²) < 4.78 is 31.3. The molecular weight excluding hydrogens is 264 g/mol. The number of nitriles is 1. The number of hydrogen-bond acceptors (Lipinski definition) is 4. The van der Waals surface area contributed by atoms with Crippen LogP contribution in [0, 0.1) is 11.3 Å². The van der Waals surface area contributed by atoms with Gasteiger partial charge in [-0.1, -0.05) is 6.08 Å². The number of ether oxygens (including phenoxy) is 1. The van der Waals surface area contributed by atoms with Gasteiger partial charge in [0.1, 0.15) is 0 Å². The summed E-state index contributed by atoms with van der Waals surface area (Å²) in [4.78, 5) is 0.137. The molecule has 1 N–H and O–H groups in total. The van der Waals surface area contributed by atoms with Gasteiger partial charge in [-0.2, -0.15) is 5.26 Å². The van der Waals surface area contributed by atoms with Crippen molar-refractivity contribution in [3.8, 4) is 6.07 Å².